The van der Waals surface area contributed by atoms with Crippen molar-refractivity contribution in [1.82, 2.24) is 4.90 Å². The lowest BCUT2D eigenvalue weighted by atomic mass is 10.3. The number of thioether (sulfide) groups is 1. The Morgan fingerprint density at radius 3 is 2.58 bits per heavy atom. The largest absolute Gasteiger partial charge is 0.388 e. The molecule has 2 rings (SSSR count). The second-order valence-corrected chi connectivity index (χ2v) is 6.16. The lowest BCUT2D eigenvalue weighted by Crippen LogP contribution is -2.31. The molecule has 1 aromatic carbocycles. The average molecular weight is 322 g/mol. The number of rotatable bonds is 3. The molecule has 19 heavy (non-hydrogen) atoms. The summed E-state index contributed by atoms with van der Waals surface area (Å²) in [7, 11) is 0. The van der Waals surface area contributed by atoms with Crippen molar-refractivity contribution in [2.45, 2.75) is 17.1 Å². The fourth-order valence-electron chi connectivity index (χ4n) is 1.79. The zero-order valence-corrected chi connectivity index (χ0v) is 12.3. The number of aliphatic hydroxyl groups excluding tert-OH is 2. The van der Waals surface area contributed by atoms with Gasteiger partial charge in [-0.1, -0.05) is 23.2 Å². The van der Waals surface area contributed by atoms with Crippen molar-refractivity contribution < 1.29 is 15.0 Å². The van der Waals surface area contributed by atoms with Gasteiger partial charge in [0.05, 0.1) is 23.0 Å². The van der Waals surface area contributed by atoms with E-state index in [0.717, 1.165) is 4.90 Å². The molecular formula is C12H13Cl2NO3S. The van der Waals surface area contributed by atoms with Crippen LogP contribution < -0.4 is 0 Å². The summed E-state index contributed by atoms with van der Waals surface area (Å²) < 4.78 is 0. The van der Waals surface area contributed by atoms with Gasteiger partial charge in [0.2, 0.25) is 5.91 Å². The van der Waals surface area contributed by atoms with E-state index in [4.69, 9.17) is 23.2 Å². The van der Waals surface area contributed by atoms with Crippen molar-refractivity contribution in [3.05, 3.63) is 28.2 Å². The smallest absolute Gasteiger partial charge is 0.233 e. The van der Waals surface area contributed by atoms with Gasteiger partial charge < -0.3 is 15.1 Å². The standard InChI is InChI=1S/C12H13Cl2NO3S/c13-7-1-2-8(14)11(3-7)19-6-12(18)15-4-9(16)10(17)5-15/h1-3,9-10,16-17H,4-6H2. The van der Waals surface area contributed by atoms with Crippen LogP contribution in [0, 0.1) is 0 Å². The van der Waals surface area contributed by atoms with Gasteiger partial charge in [0, 0.05) is 23.0 Å². The van der Waals surface area contributed by atoms with E-state index in [9.17, 15) is 15.0 Å². The van der Waals surface area contributed by atoms with E-state index in [2.05, 4.69) is 0 Å². The van der Waals surface area contributed by atoms with Gasteiger partial charge in [-0.15, -0.1) is 11.8 Å². The third-order valence-corrected chi connectivity index (χ3v) is 4.57. The number of benzene rings is 1. The summed E-state index contributed by atoms with van der Waals surface area (Å²) in [5.74, 6) is 0.0520. The van der Waals surface area contributed by atoms with Crippen LogP contribution in [0.2, 0.25) is 10.0 Å². The molecule has 2 atom stereocenters. The van der Waals surface area contributed by atoms with Crippen molar-refractivity contribution in [2.75, 3.05) is 18.8 Å². The van der Waals surface area contributed by atoms with Gasteiger partial charge in [0.1, 0.15) is 0 Å². The van der Waals surface area contributed by atoms with Crippen LogP contribution >= 0.6 is 35.0 Å². The molecule has 2 unspecified atom stereocenters. The zero-order valence-electron chi connectivity index (χ0n) is 9.92. The molecular weight excluding hydrogens is 309 g/mol. The minimum absolute atomic E-state index is 0.142. The molecule has 0 aromatic heterocycles. The average Bonchev–Trinajstić information content (AvgIpc) is 2.70. The summed E-state index contributed by atoms with van der Waals surface area (Å²) in [5.41, 5.74) is 0. The van der Waals surface area contributed by atoms with E-state index in [1.54, 1.807) is 18.2 Å². The summed E-state index contributed by atoms with van der Waals surface area (Å²) in [6.07, 6.45) is -1.72. The topological polar surface area (TPSA) is 60.8 Å². The van der Waals surface area contributed by atoms with Crippen molar-refractivity contribution in [3.8, 4) is 0 Å². The van der Waals surface area contributed by atoms with E-state index >= 15 is 0 Å². The quantitative estimate of drug-likeness (QED) is 0.831. The van der Waals surface area contributed by atoms with E-state index in [0.29, 0.717) is 10.0 Å². The van der Waals surface area contributed by atoms with Crippen molar-refractivity contribution >= 4 is 40.9 Å². The molecule has 1 saturated heterocycles. The van der Waals surface area contributed by atoms with E-state index in [1.807, 2.05) is 0 Å². The summed E-state index contributed by atoms with van der Waals surface area (Å²) in [6, 6.07) is 5.07. The van der Waals surface area contributed by atoms with Crippen LogP contribution in [0.1, 0.15) is 0 Å². The Balaban J connectivity index is 1.92. The Kier molecular flexibility index (Phi) is 4.97. The first-order chi connectivity index (χ1) is 8.97. The summed E-state index contributed by atoms with van der Waals surface area (Å²) in [6.45, 7) is 0.341. The molecule has 2 N–H and O–H groups in total. The number of carbonyl (C=O) groups is 1. The van der Waals surface area contributed by atoms with Crippen LogP contribution in [0.15, 0.2) is 23.1 Å². The van der Waals surface area contributed by atoms with E-state index in [1.165, 1.54) is 16.7 Å². The van der Waals surface area contributed by atoms with Crippen LogP contribution in [0.5, 0.6) is 0 Å². The molecule has 1 amide bonds. The number of carbonyl (C=O) groups excluding carboxylic acids is 1. The molecule has 0 aliphatic carbocycles. The lowest BCUT2D eigenvalue weighted by molar-refractivity contribution is -0.127. The van der Waals surface area contributed by atoms with Crippen LogP contribution in [0.4, 0.5) is 0 Å². The highest BCUT2D eigenvalue weighted by Gasteiger charge is 2.32. The monoisotopic (exact) mass is 321 g/mol. The molecule has 0 spiro atoms. The maximum atomic E-state index is 11.9. The third kappa shape index (κ3) is 3.77. The van der Waals surface area contributed by atoms with Crippen molar-refractivity contribution in [3.63, 3.8) is 0 Å². The predicted molar refractivity (Wildman–Crippen MR) is 75.8 cm³/mol. The molecule has 0 radical (unpaired) electrons. The molecule has 1 aliphatic rings. The van der Waals surface area contributed by atoms with Gasteiger partial charge in [-0.05, 0) is 18.2 Å². The molecule has 104 valence electrons. The molecule has 1 heterocycles. The Morgan fingerprint density at radius 2 is 1.95 bits per heavy atom. The Morgan fingerprint density at radius 1 is 1.32 bits per heavy atom. The highest BCUT2D eigenvalue weighted by Crippen LogP contribution is 2.30. The Bertz CT molecular complexity index is 476. The first-order valence-corrected chi connectivity index (χ1v) is 7.43. The Hall–Kier alpha value is -0.460. The van der Waals surface area contributed by atoms with Gasteiger partial charge in [-0.25, -0.2) is 0 Å². The first kappa shape index (κ1) is 14.9. The van der Waals surface area contributed by atoms with Gasteiger partial charge in [0.15, 0.2) is 0 Å². The van der Waals surface area contributed by atoms with Crippen molar-refractivity contribution in [2.24, 2.45) is 0 Å². The van der Waals surface area contributed by atoms with E-state index < -0.39 is 12.2 Å². The fourth-order valence-corrected chi connectivity index (χ4v) is 3.19. The van der Waals surface area contributed by atoms with E-state index in [-0.39, 0.29) is 24.7 Å². The highest BCUT2D eigenvalue weighted by atomic mass is 35.5. The molecule has 1 fully saturated rings. The minimum atomic E-state index is -0.858. The van der Waals surface area contributed by atoms with Crippen LogP contribution in [0.3, 0.4) is 0 Å². The number of hydrogen-bond acceptors (Lipinski definition) is 4. The molecule has 1 aliphatic heterocycles. The third-order valence-electron chi connectivity index (χ3n) is 2.86. The molecule has 1 aromatic rings. The molecule has 0 saturated carbocycles. The summed E-state index contributed by atoms with van der Waals surface area (Å²) in [4.78, 5) is 14.1. The number of likely N-dealkylation sites (tertiary alicyclic amines) is 1. The lowest BCUT2D eigenvalue weighted by Gasteiger charge is -2.15. The minimum Gasteiger partial charge on any atom is -0.388 e. The molecule has 0 bridgehead atoms. The van der Waals surface area contributed by atoms with Gasteiger partial charge in [0.25, 0.3) is 0 Å². The predicted octanol–water partition coefficient (Wildman–Crippen LogP) is 1.65. The highest BCUT2D eigenvalue weighted by molar-refractivity contribution is 8.00. The van der Waals surface area contributed by atoms with Gasteiger partial charge >= 0.3 is 0 Å². The molecule has 7 heteroatoms. The summed E-state index contributed by atoms with van der Waals surface area (Å²) >= 11 is 13.2. The number of hydrogen-bond donors (Lipinski definition) is 2. The zero-order chi connectivity index (χ0) is 14.0. The van der Waals surface area contributed by atoms with Gasteiger partial charge in [-0.3, -0.25) is 4.79 Å². The maximum Gasteiger partial charge on any atom is 0.233 e. The fraction of sp³-hybridized carbons (Fsp3) is 0.417. The number of aliphatic hydroxyl groups is 2. The maximum absolute atomic E-state index is 11.9. The van der Waals surface area contributed by atoms with Gasteiger partial charge in [-0.2, -0.15) is 0 Å². The molecule has 4 nitrogen and oxygen atoms in total. The first-order valence-electron chi connectivity index (χ1n) is 5.69. The van der Waals surface area contributed by atoms with Crippen molar-refractivity contribution in [1.29, 1.82) is 0 Å². The number of amides is 1. The number of halogens is 2. The summed E-state index contributed by atoms with van der Waals surface area (Å²) in [5, 5.41) is 19.9. The number of nitrogens with zero attached hydrogens (tertiary/aromatic N) is 1. The SMILES string of the molecule is O=C(CSc1cc(Cl)ccc1Cl)N1CC(O)C(O)C1. The van der Waals surface area contributed by atoms with Crippen LogP contribution in [0.25, 0.3) is 0 Å². The van der Waals surface area contributed by atoms with Crippen LogP contribution in [-0.2, 0) is 4.79 Å². The Labute approximate surface area is 125 Å². The number of β-amino-alcohol motifs (C(OH)–C–C–N with tert-alkyl or cyclic N) is 2. The second-order valence-electron chi connectivity index (χ2n) is 4.30. The van der Waals surface area contributed by atoms with Crippen LogP contribution in [-0.4, -0.2) is 52.1 Å². The normalized spacial score (nSPS) is 22.8. The second kappa shape index (κ2) is 6.33.